The number of nitrogens with one attached hydrogen (secondary N) is 3. The number of ether oxygens (including phenoxy) is 2. The van der Waals surface area contributed by atoms with Gasteiger partial charge in [0.05, 0.1) is 24.8 Å². The fourth-order valence-electron chi connectivity index (χ4n) is 3.09. The van der Waals surface area contributed by atoms with Crippen molar-refractivity contribution in [2.45, 2.75) is 25.9 Å². The van der Waals surface area contributed by atoms with Crippen LogP contribution in [0.15, 0.2) is 47.5 Å². The first-order chi connectivity index (χ1) is 14.9. The molecule has 2 aromatic carbocycles. The van der Waals surface area contributed by atoms with Gasteiger partial charge in [-0.25, -0.2) is 4.99 Å². The SMILES string of the molecule is COc1ccc(NC(=NC[C@H]2CCCO2)NC(=O)c2cccc(NC(C)=O)c2)cc1Cl. The highest BCUT2D eigenvalue weighted by molar-refractivity contribution is 6.32. The molecule has 0 radical (unpaired) electrons. The van der Waals surface area contributed by atoms with E-state index < -0.39 is 0 Å². The number of hydrogen-bond donors (Lipinski definition) is 3. The smallest absolute Gasteiger partial charge is 0.258 e. The van der Waals surface area contributed by atoms with Crippen molar-refractivity contribution in [3.63, 3.8) is 0 Å². The number of carbonyl (C=O) groups is 2. The molecule has 0 spiro atoms. The second-order valence-corrected chi connectivity index (χ2v) is 7.42. The zero-order chi connectivity index (χ0) is 22.2. The Morgan fingerprint density at radius 1 is 1.19 bits per heavy atom. The summed E-state index contributed by atoms with van der Waals surface area (Å²) in [5.74, 6) is 0.232. The molecule has 2 aromatic rings. The fourth-order valence-corrected chi connectivity index (χ4v) is 3.35. The van der Waals surface area contributed by atoms with Crippen molar-refractivity contribution < 1.29 is 19.1 Å². The summed E-state index contributed by atoms with van der Waals surface area (Å²) in [7, 11) is 1.54. The van der Waals surface area contributed by atoms with E-state index in [2.05, 4.69) is 20.9 Å². The molecule has 3 N–H and O–H groups in total. The maximum atomic E-state index is 12.8. The third kappa shape index (κ3) is 6.70. The van der Waals surface area contributed by atoms with E-state index in [9.17, 15) is 9.59 Å². The van der Waals surface area contributed by atoms with Crippen molar-refractivity contribution in [3.8, 4) is 5.75 Å². The molecule has 164 valence electrons. The highest BCUT2D eigenvalue weighted by Gasteiger charge is 2.16. The maximum absolute atomic E-state index is 12.8. The molecule has 0 unspecified atom stereocenters. The molecular formula is C22H25ClN4O4. The molecule has 31 heavy (non-hydrogen) atoms. The lowest BCUT2D eigenvalue weighted by Gasteiger charge is -2.14. The number of halogens is 1. The van der Waals surface area contributed by atoms with Crippen LogP contribution >= 0.6 is 11.6 Å². The van der Waals surface area contributed by atoms with Gasteiger partial charge in [0.1, 0.15) is 5.75 Å². The van der Waals surface area contributed by atoms with Crippen molar-refractivity contribution in [2.75, 3.05) is 30.9 Å². The summed E-state index contributed by atoms with van der Waals surface area (Å²) < 4.78 is 10.8. The predicted molar refractivity (Wildman–Crippen MR) is 121 cm³/mol. The summed E-state index contributed by atoms with van der Waals surface area (Å²) in [5.41, 5.74) is 1.56. The van der Waals surface area contributed by atoms with Crippen molar-refractivity contribution in [1.82, 2.24) is 5.32 Å². The lowest BCUT2D eigenvalue weighted by atomic mass is 10.2. The molecule has 1 aliphatic rings. The quantitative estimate of drug-likeness (QED) is 0.466. The molecule has 3 rings (SSSR count). The second kappa shape index (κ2) is 10.8. The van der Waals surface area contributed by atoms with E-state index in [1.165, 1.54) is 14.0 Å². The van der Waals surface area contributed by atoms with E-state index in [1.807, 2.05) is 0 Å². The van der Waals surface area contributed by atoms with Crippen molar-refractivity contribution in [2.24, 2.45) is 4.99 Å². The molecule has 1 heterocycles. The topological polar surface area (TPSA) is 101 Å². The number of aliphatic imine (C=N–C) groups is 1. The van der Waals surface area contributed by atoms with Crippen LogP contribution in [0.25, 0.3) is 0 Å². The van der Waals surface area contributed by atoms with Crippen molar-refractivity contribution in [3.05, 3.63) is 53.1 Å². The average Bonchev–Trinajstić information content (AvgIpc) is 3.25. The lowest BCUT2D eigenvalue weighted by molar-refractivity contribution is -0.114. The Balaban J connectivity index is 1.77. The Morgan fingerprint density at radius 2 is 2.00 bits per heavy atom. The van der Waals surface area contributed by atoms with Crippen LogP contribution in [0.4, 0.5) is 11.4 Å². The number of benzene rings is 2. The maximum Gasteiger partial charge on any atom is 0.258 e. The van der Waals surface area contributed by atoms with Gasteiger partial charge in [0.25, 0.3) is 5.91 Å². The zero-order valence-electron chi connectivity index (χ0n) is 17.4. The van der Waals surface area contributed by atoms with Gasteiger partial charge in [0, 0.05) is 30.5 Å². The Hall–Kier alpha value is -3.10. The Kier molecular flexibility index (Phi) is 7.86. The summed E-state index contributed by atoms with van der Waals surface area (Å²) in [6.45, 7) is 2.55. The van der Waals surface area contributed by atoms with Gasteiger partial charge in [-0.3, -0.25) is 14.9 Å². The Bertz CT molecular complexity index is 974. The fraction of sp³-hybridized carbons (Fsp3) is 0.318. The molecule has 2 amide bonds. The van der Waals surface area contributed by atoms with Crippen molar-refractivity contribution >= 4 is 40.7 Å². The van der Waals surface area contributed by atoms with Crippen LogP contribution in [0.5, 0.6) is 5.75 Å². The number of anilines is 2. The lowest BCUT2D eigenvalue weighted by Crippen LogP contribution is -2.36. The number of nitrogens with zero attached hydrogens (tertiary/aromatic N) is 1. The summed E-state index contributed by atoms with van der Waals surface area (Å²) in [4.78, 5) is 28.6. The van der Waals surface area contributed by atoms with E-state index >= 15 is 0 Å². The van der Waals surface area contributed by atoms with Gasteiger partial charge in [-0.2, -0.15) is 0 Å². The first-order valence-corrected chi connectivity index (χ1v) is 10.3. The van der Waals surface area contributed by atoms with E-state index in [1.54, 1.807) is 42.5 Å². The van der Waals surface area contributed by atoms with Crippen molar-refractivity contribution in [1.29, 1.82) is 0 Å². The third-order valence-electron chi connectivity index (χ3n) is 4.57. The minimum absolute atomic E-state index is 0.0243. The van der Waals surface area contributed by atoms with E-state index in [0.717, 1.165) is 19.4 Å². The van der Waals surface area contributed by atoms with Gasteiger partial charge in [-0.1, -0.05) is 17.7 Å². The summed E-state index contributed by atoms with van der Waals surface area (Å²) in [6, 6.07) is 11.8. The van der Waals surface area contributed by atoms with Crippen LogP contribution < -0.4 is 20.7 Å². The van der Waals surface area contributed by atoms with Gasteiger partial charge in [-0.05, 0) is 49.2 Å². The summed E-state index contributed by atoms with van der Waals surface area (Å²) in [6.07, 6.45) is 1.95. The molecular weight excluding hydrogens is 420 g/mol. The standard InChI is InChI=1S/C22H25ClN4O4/c1-14(28)25-16-6-3-5-15(11-16)21(29)27-22(24-13-18-7-4-10-31-18)26-17-8-9-20(30-2)19(23)12-17/h3,5-6,8-9,11-12,18H,4,7,10,13H2,1-2H3,(H,25,28)(H2,24,26,27,29)/t18-/m1/s1. The highest BCUT2D eigenvalue weighted by Crippen LogP contribution is 2.27. The van der Waals surface area contributed by atoms with Crippen LogP contribution in [0.2, 0.25) is 5.02 Å². The van der Waals surface area contributed by atoms with Crippen LogP contribution in [-0.2, 0) is 9.53 Å². The number of guanidine groups is 1. The van der Waals surface area contributed by atoms with Gasteiger partial charge >= 0.3 is 0 Å². The number of amides is 2. The first-order valence-electron chi connectivity index (χ1n) is 9.90. The van der Waals surface area contributed by atoms with E-state index in [4.69, 9.17) is 21.1 Å². The minimum atomic E-state index is -0.370. The number of hydrogen-bond acceptors (Lipinski definition) is 5. The summed E-state index contributed by atoms with van der Waals surface area (Å²) in [5, 5.41) is 8.98. The molecule has 1 atom stereocenters. The molecule has 0 aromatic heterocycles. The van der Waals surface area contributed by atoms with Crippen LogP contribution in [-0.4, -0.2) is 44.1 Å². The average molecular weight is 445 g/mol. The third-order valence-corrected chi connectivity index (χ3v) is 4.86. The van der Waals surface area contributed by atoms with Crippen LogP contribution in [0, 0.1) is 0 Å². The molecule has 1 fully saturated rings. The van der Waals surface area contributed by atoms with E-state index in [-0.39, 0.29) is 23.9 Å². The molecule has 0 aliphatic carbocycles. The Morgan fingerprint density at radius 3 is 2.68 bits per heavy atom. The van der Waals surface area contributed by atoms with Gasteiger partial charge < -0.3 is 20.1 Å². The Labute approximate surface area is 186 Å². The van der Waals surface area contributed by atoms with Crippen LogP contribution in [0.3, 0.4) is 0 Å². The molecule has 8 nitrogen and oxygen atoms in total. The zero-order valence-corrected chi connectivity index (χ0v) is 18.2. The number of rotatable bonds is 6. The largest absolute Gasteiger partial charge is 0.495 e. The molecule has 9 heteroatoms. The van der Waals surface area contributed by atoms with Gasteiger partial charge in [0.2, 0.25) is 11.9 Å². The predicted octanol–water partition coefficient (Wildman–Crippen LogP) is 3.68. The molecule has 0 bridgehead atoms. The molecule has 1 aliphatic heterocycles. The second-order valence-electron chi connectivity index (χ2n) is 7.01. The van der Waals surface area contributed by atoms with E-state index in [0.29, 0.717) is 34.3 Å². The highest BCUT2D eigenvalue weighted by atomic mass is 35.5. The molecule has 0 saturated carbocycles. The minimum Gasteiger partial charge on any atom is -0.495 e. The first kappa shape index (κ1) is 22.6. The summed E-state index contributed by atoms with van der Waals surface area (Å²) >= 11 is 6.21. The monoisotopic (exact) mass is 444 g/mol. The van der Waals surface area contributed by atoms with Crippen LogP contribution in [0.1, 0.15) is 30.1 Å². The number of carbonyl (C=O) groups excluding carboxylic acids is 2. The van der Waals surface area contributed by atoms with Gasteiger partial charge in [-0.15, -0.1) is 0 Å². The van der Waals surface area contributed by atoms with Gasteiger partial charge in [0.15, 0.2) is 0 Å². The number of methoxy groups -OCH3 is 1. The normalized spacial score (nSPS) is 16.0. The molecule has 1 saturated heterocycles.